The molecule has 2 aromatic rings. The van der Waals surface area contributed by atoms with Crippen molar-refractivity contribution in [3.63, 3.8) is 0 Å². The normalized spacial score (nSPS) is 15.1. The minimum atomic E-state index is 0.849. The predicted molar refractivity (Wildman–Crippen MR) is 67.3 cm³/mol. The summed E-state index contributed by atoms with van der Waals surface area (Å²) in [6, 6.07) is 10.2. The van der Waals surface area contributed by atoms with Crippen molar-refractivity contribution in [2.45, 2.75) is 26.6 Å². The van der Waals surface area contributed by atoms with Crippen LogP contribution < -0.4 is 5.73 Å². The quantitative estimate of drug-likeness (QED) is 0.803. The number of hydrogen-bond acceptors (Lipinski definition) is 3. The van der Waals surface area contributed by atoms with Crippen LogP contribution in [0.15, 0.2) is 34.7 Å². The molecule has 3 heteroatoms. The zero-order chi connectivity index (χ0) is 11.8. The third-order valence-electron chi connectivity index (χ3n) is 3.26. The van der Waals surface area contributed by atoms with Crippen molar-refractivity contribution in [3.05, 3.63) is 53.0 Å². The molecule has 2 heterocycles. The molecule has 3 nitrogen and oxygen atoms in total. The first-order valence-corrected chi connectivity index (χ1v) is 5.86. The molecule has 0 spiro atoms. The van der Waals surface area contributed by atoms with Crippen LogP contribution in [0.3, 0.4) is 0 Å². The Hall–Kier alpha value is -1.74. The largest absolute Gasteiger partial charge is 0.465 e. The lowest BCUT2D eigenvalue weighted by molar-refractivity contribution is 0.249. The van der Waals surface area contributed by atoms with Gasteiger partial charge in [-0.1, -0.05) is 12.1 Å². The Morgan fingerprint density at radius 1 is 1.24 bits per heavy atom. The maximum absolute atomic E-state index is 5.98. The van der Waals surface area contributed by atoms with Crippen molar-refractivity contribution in [2.75, 3.05) is 5.73 Å². The van der Waals surface area contributed by atoms with Gasteiger partial charge in [0.15, 0.2) is 0 Å². The number of nitrogen functional groups attached to an aromatic ring is 1. The molecule has 1 aromatic heterocycles. The summed E-state index contributed by atoms with van der Waals surface area (Å²) >= 11 is 0. The smallest absolute Gasteiger partial charge is 0.118 e. The van der Waals surface area contributed by atoms with Crippen molar-refractivity contribution in [1.29, 1.82) is 0 Å². The second-order valence-electron chi connectivity index (χ2n) is 4.64. The molecule has 0 saturated carbocycles. The van der Waals surface area contributed by atoms with E-state index in [4.69, 9.17) is 10.2 Å². The van der Waals surface area contributed by atoms with Gasteiger partial charge in [0.2, 0.25) is 0 Å². The molecule has 0 atom stereocenters. The number of hydrogen-bond donors (Lipinski definition) is 1. The second kappa shape index (κ2) is 3.93. The number of rotatable bonds is 2. The molecular weight excluding hydrogens is 212 g/mol. The summed E-state index contributed by atoms with van der Waals surface area (Å²) in [5.74, 6) is 1.99. The molecule has 0 bridgehead atoms. The van der Waals surface area contributed by atoms with E-state index in [-0.39, 0.29) is 0 Å². The summed E-state index contributed by atoms with van der Waals surface area (Å²) in [6.07, 6.45) is 0. The van der Waals surface area contributed by atoms with Gasteiger partial charge >= 0.3 is 0 Å². The lowest BCUT2D eigenvalue weighted by atomic mass is 10.1. The lowest BCUT2D eigenvalue weighted by Gasteiger charge is -2.12. The molecule has 0 unspecified atom stereocenters. The van der Waals surface area contributed by atoms with Crippen LogP contribution in [0.1, 0.15) is 22.6 Å². The lowest BCUT2D eigenvalue weighted by Crippen LogP contribution is -2.15. The Balaban J connectivity index is 1.76. The maximum atomic E-state index is 5.98. The van der Waals surface area contributed by atoms with E-state index < -0.39 is 0 Å². The van der Waals surface area contributed by atoms with Gasteiger partial charge in [0.25, 0.3) is 0 Å². The van der Waals surface area contributed by atoms with E-state index in [1.54, 1.807) is 0 Å². The van der Waals surface area contributed by atoms with Crippen molar-refractivity contribution >= 4 is 5.69 Å². The fraction of sp³-hybridized carbons (Fsp3) is 0.286. The summed E-state index contributed by atoms with van der Waals surface area (Å²) in [5.41, 5.74) is 9.50. The third-order valence-corrected chi connectivity index (χ3v) is 3.26. The number of aryl methyl sites for hydroxylation is 1. The number of fused-ring (bicyclic) bond motifs is 1. The highest BCUT2D eigenvalue weighted by Crippen LogP contribution is 2.28. The zero-order valence-corrected chi connectivity index (χ0v) is 9.94. The van der Waals surface area contributed by atoms with E-state index in [1.807, 2.05) is 31.2 Å². The van der Waals surface area contributed by atoms with Gasteiger partial charge in [0, 0.05) is 18.8 Å². The fourth-order valence-corrected chi connectivity index (χ4v) is 2.42. The molecule has 3 rings (SSSR count). The highest BCUT2D eigenvalue weighted by molar-refractivity contribution is 5.52. The van der Waals surface area contributed by atoms with Crippen molar-refractivity contribution in [1.82, 2.24) is 4.90 Å². The minimum absolute atomic E-state index is 0.849. The molecule has 17 heavy (non-hydrogen) atoms. The first kappa shape index (κ1) is 10.4. The van der Waals surface area contributed by atoms with Crippen LogP contribution in [-0.4, -0.2) is 4.90 Å². The standard InChI is InChI=1S/C14H16N2O/c1-10-5-6-12(17-10)8-16-7-11-3-2-4-14(15)13(11)9-16/h2-6H,7-9,15H2,1H3. The minimum Gasteiger partial charge on any atom is -0.465 e. The van der Waals surface area contributed by atoms with Gasteiger partial charge in [0.1, 0.15) is 11.5 Å². The van der Waals surface area contributed by atoms with Crippen molar-refractivity contribution < 1.29 is 4.42 Å². The van der Waals surface area contributed by atoms with Crippen LogP contribution >= 0.6 is 0 Å². The number of anilines is 1. The molecule has 0 amide bonds. The van der Waals surface area contributed by atoms with Crippen molar-refractivity contribution in [3.8, 4) is 0 Å². The number of nitrogens with zero attached hydrogens (tertiary/aromatic N) is 1. The monoisotopic (exact) mass is 228 g/mol. The summed E-state index contributed by atoms with van der Waals surface area (Å²) in [7, 11) is 0. The topological polar surface area (TPSA) is 42.4 Å². The van der Waals surface area contributed by atoms with Crippen LogP contribution in [0.2, 0.25) is 0 Å². The molecule has 0 saturated heterocycles. The average molecular weight is 228 g/mol. The predicted octanol–water partition coefficient (Wildman–Crippen LogP) is 2.69. The zero-order valence-electron chi connectivity index (χ0n) is 9.94. The Labute approximate surface area is 101 Å². The Morgan fingerprint density at radius 3 is 2.82 bits per heavy atom. The van der Waals surface area contributed by atoms with Crippen LogP contribution in [0, 0.1) is 6.92 Å². The Bertz CT molecular complexity index is 545. The van der Waals surface area contributed by atoms with Crippen LogP contribution in [0.5, 0.6) is 0 Å². The summed E-state index contributed by atoms with van der Waals surface area (Å²) in [6.45, 7) is 4.70. The molecule has 88 valence electrons. The molecule has 1 aromatic carbocycles. The van der Waals surface area contributed by atoms with Gasteiger partial charge < -0.3 is 10.2 Å². The van der Waals surface area contributed by atoms with E-state index in [2.05, 4.69) is 11.0 Å². The fourth-order valence-electron chi connectivity index (χ4n) is 2.42. The maximum Gasteiger partial charge on any atom is 0.118 e. The summed E-state index contributed by atoms with van der Waals surface area (Å²) in [5, 5.41) is 0. The molecular formula is C14H16N2O. The second-order valence-corrected chi connectivity index (χ2v) is 4.64. The summed E-state index contributed by atoms with van der Waals surface area (Å²) < 4.78 is 5.60. The van der Waals surface area contributed by atoms with E-state index in [1.165, 1.54) is 11.1 Å². The SMILES string of the molecule is Cc1ccc(CN2Cc3cccc(N)c3C2)o1. The van der Waals surface area contributed by atoms with Gasteiger partial charge in [-0.2, -0.15) is 0 Å². The van der Waals surface area contributed by atoms with Crippen LogP contribution in [-0.2, 0) is 19.6 Å². The highest BCUT2D eigenvalue weighted by Gasteiger charge is 2.21. The Kier molecular flexibility index (Phi) is 2.41. The number of benzene rings is 1. The van der Waals surface area contributed by atoms with Gasteiger partial charge in [-0.3, -0.25) is 4.90 Å². The molecule has 0 radical (unpaired) electrons. The number of furan rings is 1. The van der Waals surface area contributed by atoms with E-state index in [0.29, 0.717) is 0 Å². The first-order valence-electron chi connectivity index (χ1n) is 5.86. The molecule has 2 N–H and O–H groups in total. The van der Waals surface area contributed by atoms with Gasteiger partial charge in [-0.15, -0.1) is 0 Å². The van der Waals surface area contributed by atoms with E-state index in [0.717, 1.165) is 36.8 Å². The average Bonchev–Trinajstić information content (AvgIpc) is 2.86. The van der Waals surface area contributed by atoms with Gasteiger partial charge in [0.05, 0.1) is 6.54 Å². The molecule has 1 aliphatic heterocycles. The highest BCUT2D eigenvalue weighted by atomic mass is 16.3. The van der Waals surface area contributed by atoms with E-state index >= 15 is 0 Å². The Morgan fingerprint density at radius 2 is 2.12 bits per heavy atom. The summed E-state index contributed by atoms with van der Waals surface area (Å²) in [4.78, 5) is 2.35. The first-order chi connectivity index (χ1) is 8.22. The van der Waals surface area contributed by atoms with Crippen molar-refractivity contribution in [2.24, 2.45) is 0 Å². The van der Waals surface area contributed by atoms with Crippen LogP contribution in [0.4, 0.5) is 5.69 Å². The van der Waals surface area contributed by atoms with E-state index in [9.17, 15) is 0 Å². The number of nitrogens with two attached hydrogens (primary N) is 1. The third kappa shape index (κ3) is 1.94. The molecule has 0 aliphatic carbocycles. The molecule has 0 fully saturated rings. The van der Waals surface area contributed by atoms with Crippen LogP contribution in [0.25, 0.3) is 0 Å². The van der Waals surface area contributed by atoms with Gasteiger partial charge in [-0.05, 0) is 36.2 Å². The molecule has 1 aliphatic rings. The van der Waals surface area contributed by atoms with Gasteiger partial charge in [-0.25, -0.2) is 0 Å².